The van der Waals surface area contributed by atoms with Gasteiger partial charge in [-0.2, -0.15) is 0 Å². The second-order valence-corrected chi connectivity index (χ2v) is 12.1. The highest BCUT2D eigenvalue weighted by atomic mass is 79.9. The van der Waals surface area contributed by atoms with Gasteiger partial charge in [-0.3, -0.25) is 0 Å². The van der Waals surface area contributed by atoms with Crippen molar-refractivity contribution in [3.8, 4) is 0 Å². The fourth-order valence-electron chi connectivity index (χ4n) is 1.92. The first kappa shape index (κ1) is 16.7. The highest BCUT2D eigenvalue weighted by Gasteiger charge is 2.29. The van der Waals surface area contributed by atoms with Crippen molar-refractivity contribution in [2.45, 2.75) is 54.5 Å². The summed E-state index contributed by atoms with van der Waals surface area (Å²) in [7, 11) is 0. The second kappa shape index (κ2) is 5.21. The first-order valence-electron chi connectivity index (χ1n) is 6.05. The van der Waals surface area contributed by atoms with Gasteiger partial charge in [0.15, 0.2) is 0 Å². The normalized spacial score (nSPS) is 13.8. The van der Waals surface area contributed by atoms with Crippen LogP contribution < -0.4 is 0 Å². The van der Waals surface area contributed by atoms with Crippen LogP contribution in [0.25, 0.3) is 0 Å². The van der Waals surface area contributed by atoms with E-state index in [2.05, 4.69) is 108 Å². The van der Waals surface area contributed by atoms with Crippen LogP contribution in [0.1, 0.15) is 58.2 Å². The number of halogens is 3. The molecule has 0 bridgehead atoms. The predicted molar refractivity (Wildman–Crippen MR) is 92.3 cm³/mol. The zero-order valence-electron chi connectivity index (χ0n) is 11.9. The van der Waals surface area contributed by atoms with Gasteiger partial charge < -0.3 is 0 Å². The number of hydrogen-bond acceptors (Lipinski definition) is 0. The Labute approximate surface area is 136 Å². The van der Waals surface area contributed by atoms with Gasteiger partial charge in [0.1, 0.15) is 0 Å². The molecule has 0 radical (unpaired) electrons. The lowest BCUT2D eigenvalue weighted by Gasteiger charge is -2.30. The van der Waals surface area contributed by atoms with E-state index in [9.17, 15) is 0 Å². The third kappa shape index (κ3) is 4.08. The summed E-state index contributed by atoms with van der Waals surface area (Å²) in [5.74, 6) is 0. The van der Waals surface area contributed by atoms with Gasteiger partial charge in [0.05, 0.1) is 0 Å². The van der Waals surface area contributed by atoms with Crippen molar-refractivity contribution < 1.29 is 0 Å². The quantitative estimate of drug-likeness (QED) is 0.466. The van der Waals surface area contributed by atoms with Crippen LogP contribution in [0, 0.1) is 0 Å². The molecule has 0 atom stereocenters. The average molecular weight is 441 g/mol. The van der Waals surface area contributed by atoms with Crippen LogP contribution in [0.5, 0.6) is 0 Å². The summed E-state index contributed by atoms with van der Waals surface area (Å²) < 4.78 is -0.0705. The molecule has 0 N–H and O–H groups in total. The van der Waals surface area contributed by atoms with E-state index < -0.39 is 0 Å². The van der Waals surface area contributed by atoms with Gasteiger partial charge in [-0.05, 0) is 58.2 Å². The summed E-state index contributed by atoms with van der Waals surface area (Å²) in [4.78, 5) is 0. The number of benzene rings is 1. The van der Waals surface area contributed by atoms with E-state index in [-0.39, 0.29) is 13.0 Å². The number of rotatable bonds is 3. The molecular formula is C15H21Br3. The largest absolute Gasteiger partial charge is 0.0807 e. The lowest BCUT2D eigenvalue weighted by molar-refractivity contribution is 0.718. The molecule has 0 saturated carbocycles. The monoisotopic (exact) mass is 438 g/mol. The van der Waals surface area contributed by atoms with E-state index in [4.69, 9.17) is 0 Å². The number of hydrogen-bond donors (Lipinski definition) is 0. The van der Waals surface area contributed by atoms with Crippen molar-refractivity contribution in [2.24, 2.45) is 0 Å². The summed E-state index contributed by atoms with van der Waals surface area (Å²) in [5, 5.41) is 0. The van der Waals surface area contributed by atoms with Crippen LogP contribution in [0.3, 0.4) is 0 Å². The molecule has 3 heteroatoms. The Morgan fingerprint density at radius 1 is 0.667 bits per heavy atom. The molecule has 0 spiro atoms. The van der Waals surface area contributed by atoms with Crippen molar-refractivity contribution in [3.05, 3.63) is 34.9 Å². The highest BCUT2D eigenvalue weighted by molar-refractivity contribution is 9.10. The van der Waals surface area contributed by atoms with E-state index in [1.165, 1.54) is 16.7 Å². The Kier molecular flexibility index (Phi) is 4.84. The third-order valence-electron chi connectivity index (χ3n) is 2.99. The standard InChI is InChI=1S/C15H21Br3/c1-13(2,16)10-7-8-11(14(3,4)17)12(9-10)15(5,6)18/h7-9H,1-6H3. The molecule has 0 nitrogen and oxygen atoms in total. The van der Waals surface area contributed by atoms with E-state index in [0.29, 0.717) is 0 Å². The first-order chi connectivity index (χ1) is 7.83. The fourth-order valence-corrected chi connectivity index (χ4v) is 2.84. The fraction of sp³-hybridized carbons (Fsp3) is 0.600. The zero-order valence-corrected chi connectivity index (χ0v) is 16.6. The van der Waals surface area contributed by atoms with Gasteiger partial charge >= 0.3 is 0 Å². The maximum Gasteiger partial charge on any atom is 0.0453 e. The van der Waals surface area contributed by atoms with E-state index in [1.807, 2.05) is 0 Å². The average Bonchev–Trinajstić information content (AvgIpc) is 2.12. The van der Waals surface area contributed by atoms with Crippen LogP contribution in [-0.2, 0) is 13.0 Å². The molecule has 0 fully saturated rings. The summed E-state index contributed by atoms with van der Waals surface area (Å²) in [6.07, 6.45) is 0. The van der Waals surface area contributed by atoms with Gasteiger partial charge in [0, 0.05) is 13.0 Å². The van der Waals surface area contributed by atoms with Gasteiger partial charge in [0.2, 0.25) is 0 Å². The van der Waals surface area contributed by atoms with Gasteiger partial charge in [-0.1, -0.05) is 66.0 Å². The molecule has 0 unspecified atom stereocenters. The Hall–Kier alpha value is 0.660. The zero-order chi connectivity index (χ0) is 14.4. The number of alkyl halides is 3. The lowest BCUT2D eigenvalue weighted by Crippen LogP contribution is -2.20. The van der Waals surface area contributed by atoms with E-state index >= 15 is 0 Å². The van der Waals surface area contributed by atoms with Gasteiger partial charge in [-0.15, -0.1) is 0 Å². The molecule has 102 valence electrons. The summed E-state index contributed by atoms with van der Waals surface area (Å²) >= 11 is 11.3. The van der Waals surface area contributed by atoms with Crippen molar-refractivity contribution in [3.63, 3.8) is 0 Å². The molecule has 0 aliphatic rings. The van der Waals surface area contributed by atoms with Gasteiger partial charge in [-0.25, -0.2) is 0 Å². The Morgan fingerprint density at radius 2 is 1.11 bits per heavy atom. The molecule has 0 aliphatic heterocycles. The maximum atomic E-state index is 3.79. The summed E-state index contributed by atoms with van der Waals surface area (Å²) in [6, 6.07) is 6.72. The molecule has 0 amide bonds. The predicted octanol–water partition coefficient (Wildman–Crippen LogP) is 6.58. The Balaban J connectivity index is 3.50. The van der Waals surface area contributed by atoms with Crippen molar-refractivity contribution >= 4 is 47.8 Å². The molecule has 1 aromatic carbocycles. The van der Waals surface area contributed by atoms with E-state index in [1.54, 1.807) is 0 Å². The maximum absolute atomic E-state index is 3.79. The molecule has 0 heterocycles. The first-order valence-corrected chi connectivity index (χ1v) is 8.43. The molecule has 0 aliphatic carbocycles. The van der Waals surface area contributed by atoms with Crippen LogP contribution >= 0.6 is 47.8 Å². The lowest BCUT2D eigenvalue weighted by atomic mass is 9.87. The minimum absolute atomic E-state index is 0.00497. The minimum Gasteiger partial charge on any atom is -0.0807 e. The molecular weight excluding hydrogens is 420 g/mol. The Morgan fingerprint density at radius 3 is 1.44 bits per heavy atom. The summed E-state index contributed by atoms with van der Waals surface area (Å²) in [5.41, 5.74) is 3.95. The minimum atomic E-state index is -0.0400. The Bertz CT molecular complexity index is 429. The van der Waals surface area contributed by atoms with Crippen LogP contribution in [0.15, 0.2) is 18.2 Å². The topological polar surface area (TPSA) is 0 Å². The van der Waals surface area contributed by atoms with Crippen molar-refractivity contribution in [1.82, 2.24) is 0 Å². The second-order valence-electron chi connectivity index (χ2n) is 6.18. The molecule has 18 heavy (non-hydrogen) atoms. The smallest absolute Gasteiger partial charge is 0.0453 e. The SMILES string of the molecule is CC(C)(Br)c1ccc(C(C)(C)Br)c(C(C)(C)Br)c1. The molecule has 1 rings (SSSR count). The molecule has 1 aromatic rings. The van der Waals surface area contributed by atoms with E-state index in [0.717, 1.165) is 0 Å². The highest BCUT2D eigenvalue weighted by Crippen LogP contribution is 2.43. The summed E-state index contributed by atoms with van der Waals surface area (Å²) in [6.45, 7) is 13.1. The van der Waals surface area contributed by atoms with Crippen LogP contribution in [0.2, 0.25) is 0 Å². The molecule has 0 saturated heterocycles. The third-order valence-corrected chi connectivity index (χ3v) is 4.30. The van der Waals surface area contributed by atoms with Crippen LogP contribution in [0.4, 0.5) is 0 Å². The molecule has 0 aromatic heterocycles. The van der Waals surface area contributed by atoms with Crippen LogP contribution in [-0.4, -0.2) is 0 Å². The van der Waals surface area contributed by atoms with Crippen molar-refractivity contribution in [2.75, 3.05) is 0 Å². The van der Waals surface area contributed by atoms with Gasteiger partial charge in [0.25, 0.3) is 0 Å². The van der Waals surface area contributed by atoms with Crippen molar-refractivity contribution in [1.29, 1.82) is 0 Å².